The van der Waals surface area contributed by atoms with Crippen molar-refractivity contribution in [1.82, 2.24) is 0 Å². The maximum atomic E-state index is 11.7. The molecule has 0 aliphatic rings. The first kappa shape index (κ1) is 19.6. The summed E-state index contributed by atoms with van der Waals surface area (Å²) in [5.41, 5.74) is 6.08. The third-order valence-electron chi connectivity index (χ3n) is 3.14. The number of aliphatic carboxylic acids is 1. The lowest BCUT2D eigenvalue weighted by Gasteiger charge is -2.13. The van der Waals surface area contributed by atoms with Gasteiger partial charge in [-0.1, -0.05) is 19.9 Å². The van der Waals surface area contributed by atoms with Crippen molar-refractivity contribution in [2.75, 3.05) is 0 Å². The lowest BCUT2D eigenvalue weighted by molar-refractivity contribution is -0.138. The van der Waals surface area contributed by atoms with E-state index in [9.17, 15) is 14.4 Å². The zero-order valence-electron chi connectivity index (χ0n) is 13.9. The molecule has 0 radical (unpaired) electrons. The van der Waals surface area contributed by atoms with Gasteiger partial charge in [0.2, 0.25) is 0 Å². The van der Waals surface area contributed by atoms with E-state index >= 15 is 0 Å². The van der Waals surface area contributed by atoms with E-state index in [1.165, 1.54) is 12.1 Å². The number of benzene rings is 1. The molecule has 0 aromatic heterocycles. The summed E-state index contributed by atoms with van der Waals surface area (Å²) in [6.07, 6.45) is 1.79. The summed E-state index contributed by atoms with van der Waals surface area (Å²) in [6, 6.07) is 3.48. The highest BCUT2D eigenvalue weighted by molar-refractivity contribution is 5.76. The number of ether oxygens (including phenoxy) is 2. The minimum Gasteiger partial charge on any atom is -0.480 e. The fourth-order valence-corrected chi connectivity index (χ4v) is 1.94. The van der Waals surface area contributed by atoms with E-state index in [0.717, 1.165) is 0 Å². The van der Waals surface area contributed by atoms with Gasteiger partial charge in [-0.2, -0.15) is 0 Å². The van der Waals surface area contributed by atoms with Gasteiger partial charge in [0.25, 0.3) is 0 Å². The van der Waals surface area contributed by atoms with Gasteiger partial charge in [-0.3, -0.25) is 14.4 Å². The minimum atomic E-state index is -1.13. The summed E-state index contributed by atoms with van der Waals surface area (Å²) in [5.74, 6) is -1.79. The number of carboxylic acid groups (broad SMARTS) is 1. The van der Waals surface area contributed by atoms with Gasteiger partial charge in [0.15, 0.2) is 11.5 Å². The predicted molar refractivity (Wildman–Crippen MR) is 86.8 cm³/mol. The Hall–Kier alpha value is -2.41. The summed E-state index contributed by atoms with van der Waals surface area (Å²) in [7, 11) is 0. The molecule has 132 valence electrons. The molecule has 0 heterocycles. The molecule has 1 rings (SSSR count). The van der Waals surface area contributed by atoms with Crippen LogP contribution in [0.2, 0.25) is 0 Å². The second-order valence-corrected chi connectivity index (χ2v) is 5.38. The minimum absolute atomic E-state index is 0.0663. The van der Waals surface area contributed by atoms with Gasteiger partial charge in [-0.15, -0.1) is 0 Å². The standard InChI is InChI=1S/C17H23NO6/c1-3-5-15(19)23-13-8-7-11(9-12(18)17(21)22)10-14(13)24-16(20)6-4-2/h7-8,10,12H,3-6,9,18H2,1-2H3,(H,21,22)/t12-/m0/s1. The lowest BCUT2D eigenvalue weighted by atomic mass is 10.1. The third kappa shape index (κ3) is 6.37. The molecule has 0 amide bonds. The van der Waals surface area contributed by atoms with E-state index in [1.54, 1.807) is 6.07 Å². The van der Waals surface area contributed by atoms with E-state index in [4.69, 9.17) is 20.3 Å². The Morgan fingerprint density at radius 3 is 2.08 bits per heavy atom. The fourth-order valence-electron chi connectivity index (χ4n) is 1.94. The fraction of sp³-hybridized carbons (Fsp3) is 0.471. The van der Waals surface area contributed by atoms with Crippen LogP contribution in [0, 0.1) is 0 Å². The molecule has 0 unspecified atom stereocenters. The summed E-state index contributed by atoms with van der Waals surface area (Å²) in [4.78, 5) is 34.3. The van der Waals surface area contributed by atoms with Gasteiger partial charge in [0, 0.05) is 12.8 Å². The van der Waals surface area contributed by atoms with Gasteiger partial charge in [0.1, 0.15) is 6.04 Å². The van der Waals surface area contributed by atoms with E-state index in [1.807, 2.05) is 13.8 Å². The summed E-state index contributed by atoms with van der Waals surface area (Å²) < 4.78 is 10.5. The van der Waals surface area contributed by atoms with Crippen molar-refractivity contribution < 1.29 is 29.0 Å². The molecule has 0 saturated heterocycles. The Bertz CT molecular complexity index is 599. The molecule has 1 aromatic carbocycles. The first-order chi connectivity index (χ1) is 11.4. The Balaban J connectivity index is 3.02. The Morgan fingerprint density at radius 2 is 1.58 bits per heavy atom. The molecule has 24 heavy (non-hydrogen) atoms. The highest BCUT2D eigenvalue weighted by Gasteiger charge is 2.17. The topological polar surface area (TPSA) is 116 Å². The average Bonchev–Trinajstić information content (AvgIpc) is 2.50. The second kappa shape index (κ2) is 9.67. The van der Waals surface area contributed by atoms with Crippen LogP contribution in [0.5, 0.6) is 11.5 Å². The smallest absolute Gasteiger partial charge is 0.320 e. The van der Waals surface area contributed by atoms with Crippen LogP contribution >= 0.6 is 0 Å². The monoisotopic (exact) mass is 337 g/mol. The van der Waals surface area contributed by atoms with Gasteiger partial charge >= 0.3 is 17.9 Å². The second-order valence-electron chi connectivity index (χ2n) is 5.38. The summed E-state index contributed by atoms with van der Waals surface area (Å²) in [6.45, 7) is 3.69. The molecule has 1 atom stereocenters. The first-order valence-corrected chi connectivity index (χ1v) is 7.90. The molecule has 1 aromatic rings. The number of nitrogens with two attached hydrogens (primary N) is 1. The zero-order chi connectivity index (χ0) is 18.1. The molecule has 0 aliphatic carbocycles. The van der Waals surface area contributed by atoms with Crippen molar-refractivity contribution in [1.29, 1.82) is 0 Å². The summed E-state index contributed by atoms with van der Waals surface area (Å²) in [5, 5.41) is 8.88. The molecule has 0 spiro atoms. The number of esters is 2. The Labute approximate surface area is 140 Å². The van der Waals surface area contributed by atoms with Crippen LogP contribution in [0.25, 0.3) is 0 Å². The van der Waals surface area contributed by atoms with Crippen LogP contribution in [-0.2, 0) is 20.8 Å². The van der Waals surface area contributed by atoms with E-state index in [-0.39, 0.29) is 30.8 Å². The molecular formula is C17H23NO6. The zero-order valence-corrected chi connectivity index (χ0v) is 13.9. The molecule has 3 N–H and O–H groups in total. The van der Waals surface area contributed by atoms with Crippen LogP contribution in [0.1, 0.15) is 45.1 Å². The number of hydrogen-bond acceptors (Lipinski definition) is 6. The molecule has 0 aliphatic heterocycles. The van der Waals surface area contributed by atoms with Crippen LogP contribution in [0.4, 0.5) is 0 Å². The van der Waals surface area contributed by atoms with E-state index in [0.29, 0.717) is 18.4 Å². The number of rotatable bonds is 9. The molecule has 0 saturated carbocycles. The van der Waals surface area contributed by atoms with Crippen LogP contribution < -0.4 is 15.2 Å². The normalized spacial score (nSPS) is 11.6. The first-order valence-electron chi connectivity index (χ1n) is 7.90. The van der Waals surface area contributed by atoms with E-state index in [2.05, 4.69) is 0 Å². The number of carbonyl (C=O) groups is 3. The molecule has 7 heteroatoms. The highest BCUT2D eigenvalue weighted by Crippen LogP contribution is 2.30. The predicted octanol–water partition coefficient (Wildman–Crippen LogP) is 2.05. The quantitative estimate of drug-likeness (QED) is 0.523. The van der Waals surface area contributed by atoms with Crippen molar-refractivity contribution in [3.63, 3.8) is 0 Å². The highest BCUT2D eigenvalue weighted by atomic mass is 16.6. The molecule has 7 nitrogen and oxygen atoms in total. The lowest BCUT2D eigenvalue weighted by Crippen LogP contribution is -2.32. The largest absolute Gasteiger partial charge is 0.480 e. The molecule has 0 bridgehead atoms. The number of hydrogen-bond donors (Lipinski definition) is 2. The molecule has 0 fully saturated rings. The molecular weight excluding hydrogens is 314 g/mol. The average molecular weight is 337 g/mol. The number of carbonyl (C=O) groups excluding carboxylic acids is 2. The van der Waals surface area contributed by atoms with Crippen molar-refractivity contribution in [3.05, 3.63) is 23.8 Å². The third-order valence-corrected chi connectivity index (χ3v) is 3.14. The summed E-state index contributed by atoms with van der Waals surface area (Å²) >= 11 is 0. The van der Waals surface area contributed by atoms with Crippen molar-refractivity contribution in [3.8, 4) is 11.5 Å². The maximum absolute atomic E-state index is 11.7. The SMILES string of the molecule is CCCC(=O)Oc1ccc(C[C@H](N)C(=O)O)cc1OC(=O)CCC. The maximum Gasteiger partial charge on any atom is 0.320 e. The van der Waals surface area contributed by atoms with Crippen LogP contribution in [0.15, 0.2) is 18.2 Å². The van der Waals surface area contributed by atoms with Gasteiger partial charge in [-0.25, -0.2) is 0 Å². The van der Waals surface area contributed by atoms with Crippen LogP contribution in [0.3, 0.4) is 0 Å². The Kier molecular flexibility index (Phi) is 7.91. The van der Waals surface area contributed by atoms with Crippen molar-refractivity contribution in [2.24, 2.45) is 5.73 Å². The van der Waals surface area contributed by atoms with Gasteiger partial charge < -0.3 is 20.3 Å². The van der Waals surface area contributed by atoms with Crippen molar-refractivity contribution >= 4 is 17.9 Å². The number of carboxylic acids is 1. The van der Waals surface area contributed by atoms with Crippen molar-refractivity contribution in [2.45, 2.75) is 52.0 Å². The van der Waals surface area contributed by atoms with Gasteiger partial charge in [0.05, 0.1) is 0 Å². The van der Waals surface area contributed by atoms with Gasteiger partial charge in [-0.05, 0) is 37.0 Å². The van der Waals surface area contributed by atoms with Crippen LogP contribution in [-0.4, -0.2) is 29.1 Å². The van der Waals surface area contributed by atoms with E-state index < -0.39 is 23.9 Å². The Morgan fingerprint density at radius 1 is 1.04 bits per heavy atom.